The Morgan fingerprint density at radius 2 is 0.723 bits per heavy atom. The van der Waals surface area contributed by atoms with Gasteiger partial charge in [-0.1, -0.05) is 119 Å². The lowest BCUT2D eigenvalue weighted by Crippen LogP contribution is -2.26. The number of ether oxygens (including phenoxy) is 2. The Morgan fingerprint density at radius 3 is 1.09 bits per heavy atom. The molecule has 18 aromatic heterocycles. The van der Waals surface area contributed by atoms with E-state index in [0.29, 0.717) is 84.7 Å². The van der Waals surface area contributed by atoms with Crippen LogP contribution in [0.1, 0.15) is 123 Å². The van der Waals surface area contributed by atoms with E-state index in [1.807, 2.05) is 180 Å². The standard InChI is InChI=1S/C23H26N4O2S.C17H16N4OS.C16H13N5O3S.C16H15N5OS.C14H18N4O2S.C13H16N4OS/c1-26-20-18(21-22(26)25-19(30-21)12-15-7-4-3-5-8-15)13-24-27(23(20)28)14-16-9-6-10-17(11-16)29-2;1-10-5-4-6-12(7-10)9-21-17(22)14-13(8-18-21)15-16(20(14)3)19-11(2)23-15;1-9-18-15-14(25-9)12-7-17-20(16(22)13(12)19(15)2)8-10-3-5-11(6-4-10)21(23)24;1-9-19-15-14(23-9)12-7-18-21(16(22)13(12)20(15)2)8-10-3-5-11(17)6-4-10;1-4-6-20-7-5-18-14(19)11-10(8-15-18)12-13(17(11)3)16-9(2)21-12;1-4-5-6-17-13(18)10-9(7-14-17)11-12(16(10)3)15-8(2)19-11/h6,9-11,13,15H,3-5,7-8,12,14H2,1-2H3;4-8H,9H2,1-3H3;3-7H,8H2,1-2H3;3-7H,8,17H2,1-2H3;8H,4-7H2,1-3H3;7H,4-6H2,1-3H3. The topological polar surface area (TPSA) is 404 Å². The second-order valence-corrected chi connectivity index (χ2v) is 42.2. The minimum Gasteiger partial charge on any atom is -0.497 e. The van der Waals surface area contributed by atoms with E-state index in [1.54, 1.807) is 127 Å². The van der Waals surface area contributed by atoms with Gasteiger partial charge in [0.1, 0.15) is 38.8 Å². The molecule has 0 unspecified atom stereocenters. The molecular formula is C99H104N26O10S6. The number of benzene rings is 4. The first-order chi connectivity index (χ1) is 67.9. The Balaban J connectivity index is 0.000000112. The van der Waals surface area contributed by atoms with Gasteiger partial charge in [0.2, 0.25) is 0 Å². The van der Waals surface area contributed by atoms with Crippen molar-refractivity contribution in [2.45, 2.75) is 152 Å². The second kappa shape index (κ2) is 40.9. The number of hydrogen-bond acceptors (Lipinski definition) is 29. The number of anilines is 1. The van der Waals surface area contributed by atoms with Crippen molar-refractivity contribution >= 4 is 207 Å². The van der Waals surface area contributed by atoms with Crippen LogP contribution in [-0.4, -0.2) is 141 Å². The Morgan fingerprint density at radius 1 is 0.390 bits per heavy atom. The van der Waals surface area contributed by atoms with Crippen molar-refractivity contribution < 1.29 is 14.4 Å². The summed E-state index contributed by atoms with van der Waals surface area (Å²) in [6.07, 6.45) is 21.3. The SMILES string of the molecule is CCCCn1ncc2c3sc(C)nc3n(C)c2c1=O.CCCOCCn1ncc2c3sc(C)nc3n(C)c2c1=O.COc1cccc(Cn2ncc3c4sc(CC5CCCCC5)nc4n(C)c3c2=O)c1.Cc1cccc(Cn2ncc3c4sc(C)nc4n(C)c3c2=O)c1.Cc1nc2c(s1)c1cnn(Cc3ccc(N)cc3)c(=O)c1n2C.Cc1nc2c(s1)c1cnn(Cc3ccc([N+](=O)[O-])cc3)c(=O)c1n2C. The lowest BCUT2D eigenvalue weighted by molar-refractivity contribution is -0.384. The van der Waals surface area contributed by atoms with E-state index in [-0.39, 0.29) is 45.6 Å². The van der Waals surface area contributed by atoms with Gasteiger partial charge in [-0.05, 0) is 107 Å². The third-order valence-corrected chi connectivity index (χ3v) is 31.2. The van der Waals surface area contributed by atoms with E-state index >= 15 is 0 Å². The van der Waals surface area contributed by atoms with Crippen LogP contribution < -0.4 is 43.8 Å². The summed E-state index contributed by atoms with van der Waals surface area (Å²) in [7, 11) is 12.9. The van der Waals surface area contributed by atoms with Gasteiger partial charge in [0.15, 0.2) is 33.9 Å². The molecule has 1 aliphatic rings. The van der Waals surface area contributed by atoms with Crippen molar-refractivity contribution in [3.63, 3.8) is 0 Å². The normalized spacial score (nSPS) is 12.4. The number of thiazole rings is 6. The van der Waals surface area contributed by atoms with Gasteiger partial charge < -0.3 is 42.6 Å². The molecule has 2 N–H and O–H groups in total. The van der Waals surface area contributed by atoms with E-state index in [0.717, 1.165) is 179 Å². The number of nitrogen functional groups attached to an aromatic ring is 1. The summed E-state index contributed by atoms with van der Waals surface area (Å²) in [4.78, 5) is 114. The molecule has 0 aliphatic heterocycles. The van der Waals surface area contributed by atoms with Crippen LogP contribution in [0, 0.1) is 57.6 Å². The summed E-state index contributed by atoms with van der Waals surface area (Å²) in [5.41, 5.74) is 19.8. The average molecular weight is 2010 g/mol. The molecule has 42 heteroatoms. The van der Waals surface area contributed by atoms with E-state index in [9.17, 15) is 38.9 Å². The Bertz CT molecular complexity index is 8940. The van der Waals surface area contributed by atoms with Gasteiger partial charge in [-0.2, -0.15) is 30.6 Å². The molecule has 1 fully saturated rings. The van der Waals surface area contributed by atoms with E-state index < -0.39 is 4.92 Å². The number of fused-ring (bicyclic) bond motifs is 18. The van der Waals surface area contributed by atoms with Crippen molar-refractivity contribution in [1.29, 1.82) is 0 Å². The number of nitrogens with zero attached hydrogens (tertiary/aromatic N) is 25. The molecule has 0 atom stereocenters. The predicted octanol–water partition coefficient (Wildman–Crippen LogP) is 17.0. The quantitative estimate of drug-likeness (QED) is 0.0320. The largest absolute Gasteiger partial charge is 0.497 e. The zero-order valence-electron chi connectivity index (χ0n) is 80.6. The molecule has 0 amide bonds. The van der Waals surface area contributed by atoms with Gasteiger partial charge >= 0.3 is 0 Å². The monoisotopic (exact) mass is 2010 g/mol. The van der Waals surface area contributed by atoms with Crippen LogP contribution in [0.25, 0.3) is 128 Å². The first-order valence-electron chi connectivity index (χ1n) is 46.2. The van der Waals surface area contributed by atoms with Crippen molar-refractivity contribution in [3.8, 4) is 5.75 Å². The number of aryl methyl sites for hydroxylation is 13. The Hall–Kier alpha value is -14.3. The maximum absolute atomic E-state index is 13.2. The van der Waals surface area contributed by atoms with Crippen LogP contribution in [0.4, 0.5) is 11.4 Å². The molecule has 0 saturated heterocycles. The maximum atomic E-state index is 13.2. The number of nitrogens with two attached hydrogens (primary N) is 1. The molecule has 0 bridgehead atoms. The lowest BCUT2D eigenvalue weighted by Gasteiger charge is -2.20. The number of aromatic nitrogens is 24. The number of rotatable bonds is 20. The second-order valence-electron chi connectivity index (χ2n) is 35.1. The molecule has 0 radical (unpaired) electrons. The zero-order valence-corrected chi connectivity index (χ0v) is 85.5. The molecule has 1 aliphatic carbocycles. The predicted molar refractivity (Wildman–Crippen MR) is 563 cm³/mol. The molecule has 1 saturated carbocycles. The molecule has 141 heavy (non-hydrogen) atoms. The van der Waals surface area contributed by atoms with Gasteiger partial charge in [-0.25, -0.2) is 58.0 Å². The summed E-state index contributed by atoms with van der Waals surface area (Å²) in [6.45, 7) is 19.9. The number of nitro benzene ring substituents is 1. The highest BCUT2D eigenvalue weighted by molar-refractivity contribution is 7.21. The van der Waals surface area contributed by atoms with Crippen molar-refractivity contribution in [1.82, 2.24) is 116 Å². The molecule has 18 heterocycles. The third-order valence-electron chi connectivity index (χ3n) is 25.1. The minimum absolute atomic E-state index is 0.0172. The van der Waals surface area contributed by atoms with Gasteiger partial charge in [0, 0.05) is 112 Å². The Kier molecular flexibility index (Phi) is 28.1. The van der Waals surface area contributed by atoms with Gasteiger partial charge in [0.25, 0.3) is 39.0 Å². The lowest BCUT2D eigenvalue weighted by atomic mass is 9.87. The fraction of sp³-hybridized carbons (Fsp3) is 0.333. The molecular weight excluding hydrogens is 1910 g/mol. The summed E-state index contributed by atoms with van der Waals surface area (Å²) in [6, 6.07) is 29.4. The number of unbranched alkanes of at least 4 members (excludes halogenated alkanes) is 1. The van der Waals surface area contributed by atoms with Crippen LogP contribution in [0.2, 0.25) is 0 Å². The summed E-state index contributed by atoms with van der Waals surface area (Å²) in [5, 5.41) is 48.1. The van der Waals surface area contributed by atoms with Crippen LogP contribution in [-0.2, 0) is 92.7 Å². The van der Waals surface area contributed by atoms with Gasteiger partial charge in [-0.3, -0.25) is 38.9 Å². The summed E-state index contributed by atoms with van der Waals surface area (Å²) >= 11 is 9.67. The molecule has 0 spiro atoms. The van der Waals surface area contributed by atoms with Gasteiger partial charge in [0.05, 0.1) is 147 Å². The first kappa shape index (κ1) is 96.9. The molecule has 23 rings (SSSR count). The molecule has 4 aromatic carbocycles. The van der Waals surface area contributed by atoms with Crippen LogP contribution in [0.5, 0.6) is 5.75 Å². The van der Waals surface area contributed by atoms with Crippen molar-refractivity contribution in [2.75, 3.05) is 26.1 Å². The smallest absolute Gasteiger partial charge is 0.291 e. The summed E-state index contributed by atoms with van der Waals surface area (Å²) < 4.78 is 37.0. The highest BCUT2D eigenvalue weighted by atomic mass is 32.1. The highest BCUT2D eigenvalue weighted by Crippen LogP contribution is 2.39. The maximum Gasteiger partial charge on any atom is 0.291 e. The highest BCUT2D eigenvalue weighted by Gasteiger charge is 2.27. The van der Waals surface area contributed by atoms with E-state index in [2.05, 4.69) is 75.4 Å². The molecule has 726 valence electrons. The van der Waals surface area contributed by atoms with E-state index in [1.165, 1.54) is 78.2 Å². The van der Waals surface area contributed by atoms with Gasteiger partial charge in [-0.15, -0.1) is 68.0 Å². The first-order valence-corrected chi connectivity index (χ1v) is 51.1. The zero-order chi connectivity index (χ0) is 99.2. The molecule has 36 nitrogen and oxygen atoms in total. The summed E-state index contributed by atoms with van der Waals surface area (Å²) in [5.74, 6) is 1.53. The average Bonchev–Trinajstić information content (AvgIpc) is 1.58. The Labute approximate surface area is 828 Å². The fourth-order valence-electron chi connectivity index (χ4n) is 18.1. The third kappa shape index (κ3) is 19.3. The minimum atomic E-state index is -0.452. The molecule has 22 aromatic rings. The number of methoxy groups -OCH3 is 1. The van der Waals surface area contributed by atoms with Crippen LogP contribution in [0.3, 0.4) is 0 Å². The fourth-order valence-corrected chi connectivity index (χ4v) is 24.1. The number of non-ortho nitro benzene ring substituents is 1. The number of nitro groups is 1. The van der Waals surface area contributed by atoms with Crippen molar-refractivity contribution in [2.24, 2.45) is 48.2 Å². The van der Waals surface area contributed by atoms with Crippen molar-refractivity contribution in [3.05, 3.63) is 264 Å². The van der Waals surface area contributed by atoms with Crippen LogP contribution in [0.15, 0.2) is 163 Å². The number of hydrogen-bond donors (Lipinski definition) is 1. The van der Waals surface area contributed by atoms with Crippen LogP contribution >= 0.6 is 68.0 Å². The van der Waals surface area contributed by atoms with E-state index in [4.69, 9.17) is 20.2 Å².